The van der Waals surface area contributed by atoms with E-state index in [9.17, 15) is 20.4 Å². The van der Waals surface area contributed by atoms with Gasteiger partial charge in [-0.25, -0.2) is 0 Å². The molecule has 84 heavy (non-hydrogen) atoms. The number of fused-ring (bicyclic) bond motifs is 11. The molecule has 15 rings (SSSR count). The van der Waals surface area contributed by atoms with Crippen molar-refractivity contribution >= 4 is 88.2 Å². The minimum Gasteiger partial charge on any atom is -0.504 e. The molecule has 1 aromatic heterocycles. The standard InChI is InChI=1S/C75H53N3O4.C2H6/c1-75(2)64-36-19-18-33-58(64)59-39-38-52(44-65(59)75)76(49-24-6-3-7-25-49)53-41-48(62-45-63-67-56-31-15-13-22-47(56)37-40-66(67)78(51-28-10-5-11-29-51)69(63)61-34-17-16-32-57(61)62)42-54(43-53)77(50-26-8-4-9-27-50)70-73(81)71(79)68(72(80)74(70)82)60-35-20-23-46-21-12-14-30-55(46)60;1-2/h3-45,79-82H,1-2H3;1-2H3. The van der Waals surface area contributed by atoms with Crippen LogP contribution < -0.4 is 9.80 Å². The second kappa shape index (κ2) is 20.3. The molecule has 1 heterocycles. The summed E-state index contributed by atoms with van der Waals surface area (Å²) in [5.41, 5.74) is 13.5. The van der Waals surface area contributed by atoms with E-state index in [0.29, 0.717) is 16.9 Å². The van der Waals surface area contributed by atoms with Crippen LogP contribution in [0.15, 0.2) is 261 Å². The number of benzene rings is 13. The quantitative estimate of drug-likeness (QED) is 0.0850. The highest BCUT2D eigenvalue weighted by atomic mass is 16.3. The summed E-state index contributed by atoms with van der Waals surface area (Å²) in [6, 6.07) is 89.2. The van der Waals surface area contributed by atoms with Gasteiger partial charge < -0.3 is 34.8 Å². The molecular weight excluding hydrogens is 1030 g/mol. The fourth-order valence-corrected chi connectivity index (χ4v) is 13.2. The Morgan fingerprint density at radius 1 is 0.345 bits per heavy atom. The number of phenolic OH excluding ortho intramolecular Hbond substituents is 4. The highest BCUT2D eigenvalue weighted by molar-refractivity contribution is 6.28. The van der Waals surface area contributed by atoms with Gasteiger partial charge >= 0.3 is 0 Å². The van der Waals surface area contributed by atoms with Crippen LogP contribution in [0.1, 0.15) is 38.8 Å². The molecule has 1 aliphatic carbocycles. The van der Waals surface area contributed by atoms with Crippen LogP contribution in [0.25, 0.3) is 93.2 Å². The molecule has 0 saturated heterocycles. The molecule has 13 aromatic carbocycles. The molecule has 7 nitrogen and oxygen atoms in total. The lowest BCUT2D eigenvalue weighted by Gasteiger charge is -2.32. The van der Waals surface area contributed by atoms with E-state index >= 15 is 0 Å². The second-order valence-electron chi connectivity index (χ2n) is 21.8. The number of anilines is 6. The SMILES string of the molecule is CC.CC1(C)c2ccccc2-c2ccc(N(c3ccccc3)c3cc(-c4cc5c6c7ccccc7ccc6n(-c6ccccc6)c5c5ccccc45)cc(N(c4ccccc4)c4c(O)c(O)c(-c5cccc6ccccc56)c(O)c4O)c3)cc21. The predicted molar refractivity (Wildman–Crippen MR) is 349 cm³/mol. The molecule has 0 unspecified atom stereocenters. The zero-order valence-electron chi connectivity index (χ0n) is 47.0. The molecule has 406 valence electrons. The Kier molecular flexibility index (Phi) is 12.4. The van der Waals surface area contributed by atoms with Crippen molar-refractivity contribution in [2.24, 2.45) is 0 Å². The highest BCUT2D eigenvalue weighted by Gasteiger charge is 2.37. The Morgan fingerprint density at radius 3 is 1.56 bits per heavy atom. The Hall–Kier alpha value is -10.8. The maximum Gasteiger partial charge on any atom is 0.186 e. The van der Waals surface area contributed by atoms with Crippen molar-refractivity contribution < 1.29 is 20.4 Å². The summed E-state index contributed by atoms with van der Waals surface area (Å²) in [6.07, 6.45) is 0. The molecule has 0 radical (unpaired) electrons. The van der Waals surface area contributed by atoms with Crippen molar-refractivity contribution in [1.29, 1.82) is 0 Å². The van der Waals surface area contributed by atoms with Crippen LogP contribution in [-0.2, 0) is 5.41 Å². The summed E-state index contributed by atoms with van der Waals surface area (Å²) in [4.78, 5) is 3.99. The molecule has 1 aliphatic rings. The summed E-state index contributed by atoms with van der Waals surface area (Å²) in [6.45, 7) is 8.58. The third-order valence-corrected chi connectivity index (χ3v) is 16.9. The van der Waals surface area contributed by atoms with Gasteiger partial charge in [-0.05, 0) is 145 Å². The maximum atomic E-state index is 12.7. The van der Waals surface area contributed by atoms with Crippen molar-refractivity contribution in [2.45, 2.75) is 33.1 Å². The predicted octanol–water partition coefficient (Wildman–Crippen LogP) is 20.7. The Bertz CT molecular complexity index is 4860. The summed E-state index contributed by atoms with van der Waals surface area (Å²) in [7, 11) is 0. The van der Waals surface area contributed by atoms with Gasteiger partial charge in [0.25, 0.3) is 0 Å². The van der Waals surface area contributed by atoms with Crippen molar-refractivity contribution in [1.82, 2.24) is 4.57 Å². The molecule has 4 N–H and O–H groups in total. The minimum atomic E-state index is -0.609. The lowest BCUT2D eigenvalue weighted by Crippen LogP contribution is -2.17. The minimum absolute atomic E-state index is 0.0862. The van der Waals surface area contributed by atoms with E-state index in [4.69, 9.17) is 0 Å². The number of rotatable bonds is 9. The summed E-state index contributed by atoms with van der Waals surface area (Å²) < 4.78 is 2.39. The molecular formula is C77H59N3O4. The largest absolute Gasteiger partial charge is 0.504 e. The highest BCUT2D eigenvalue weighted by Crippen LogP contribution is 2.60. The van der Waals surface area contributed by atoms with E-state index in [1.54, 1.807) is 11.0 Å². The summed E-state index contributed by atoms with van der Waals surface area (Å²) in [5.74, 6) is -2.38. The van der Waals surface area contributed by atoms with Gasteiger partial charge in [0.15, 0.2) is 23.0 Å². The van der Waals surface area contributed by atoms with Crippen LogP contribution in [-0.4, -0.2) is 25.0 Å². The molecule has 0 saturated carbocycles. The number of aromatic nitrogens is 1. The fourth-order valence-electron chi connectivity index (χ4n) is 13.2. The number of phenols is 4. The van der Waals surface area contributed by atoms with Gasteiger partial charge in [-0.1, -0.05) is 210 Å². The van der Waals surface area contributed by atoms with Crippen LogP contribution >= 0.6 is 0 Å². The molecule has 7 heteroatoms. The third kappa shape index (κ3) is 8.03. The van der Waals surface area contributed by atoms with Crippen LogP contribution in [0, 0.1) is 0 Å². The van der Waals surface area contributed by atoms with Gasteiger partial charge in [-0.2, -0.15) is 0 Å². The lowest BCUT2D eigenvalue weighted by molar-refractivity contribution is 0.377. The van der Waals surface area contributed by atoms with Gasteiger partial charge in [0.05, 0.1) is 16.6 Å². The topological polar surface area (TPSA) is 92.3 Å². The van der Waals surface area contributed by atoms with Crippen LogP contribution in [0.3, 0.4) is 0 Å². The normalized spacial score (nSPS) is 12.3. The smallest absolute Gasteiger partial charge is 0.186 e. The van der Waals surface area contributed by atoms with Gasteiger partial charge in [-0.3, -0.25) is 0 Å². The van der Waals surface area contributed by atoms with Crippen LogP contribution in [0.4, 0.5) is 34.1 Å². The Morgan fingerprint density at radius 2 is 0.869 bits per heavy atom. The summed E-state index contributed by atoms with van der Waals surface area (Å²) in [5, 5.41) is 58.4. The van der Waals surface area contributed by atoms with E-state index in [1.807, 2.05) is 98.8 Å². The molecule has 0 fully saturated rings. The number of hydrogen-bond donors (Lipinski definition) is 4. The van der Waals surface area contributed by atoms with Gasteiger partial charge in [-0.15, -0.1) is 0 Å². The Balaban J connectivity index is 0.00000310. The van der Waals surface area contributed by atoms with Crippen molar-refractivity contribution in [3.05, 3.63) is 272 Å². The lowest BCUT2D eigenvalue weighted by atomic mass is 9.82. The van der Waals surface area contributed by atoms with Crippen molar-refractivity contribution in [3.8, 4) is 62.1 Å². The van der Waals surface area contributed by atoms with E-state index < -0.39 is 23.0 Å². The zero-order chi connectivity index (χ0) is 57.4. The number of aromatic hydroxyl groups is 4. The first-order valence-electron chi connectivity index (χ1n) is 28.7. The second-order valence-corrected chi connectivity index (χ2v) is 21.8. The first-order valence-corrected chi connectivity index (χ1v) is 28.7. The average molecular weight is 1090 g/mol. The van der Waals surface area contributed by atoms with Gasteiger partial charge in [0, 0.05) is 55.7 Å². The first kappa shape index (κ1) is 51.4. The van der Waals surface area contributed by atoms with E-state index in [0.717, 1.165) is 88.0 Å². The molecule has 14 aromatic rings. The number of hydrogen-bond acceptors (Lipinski definition) is 6. The molecule has 0 amide bonds. The molecule has 0 spiro atoms. The van der Waals surface area contributed by atoms with Crippen LogP contribution in [0.2, 0.25) is 0 Å². The van der Waals surface area contributed by atoms with E-state index in [-0.39, 0.29) is 16.7 Å². The van der Waals surface area contributed by atoms with Crippen molar-refractivity contribution in [3.63, 3.8) is 0 Å². The molecule has 0 aliphatic heterocycles. The van der Waals surface area contributed by atoms with Crippen molar-refractivity contribution in [2.75, 3.05) is 9.80 Å². The average Bonchev–Trinajstić information content (AvgIpc) is 2.84. The Labute approximate surface area is 487 Å². The van der Waals surface area contributed by atoms with Gasteiger partial charge in [0.1, 0.15) is 5.69 Å². The fraction of sp³-hybridized carbons (Fsp3) is 0.0649. The summed E-state index contributed by atoms with van der Waals surface area (Å²) >= 11 is 0. The number of para-hydroxylation sites is 3. The number of nitrogens with zero attached hydrogens (tertiary/aromatic N) is 3. The van der Waals surface area contributed by atoms with Gasteiger partial charge in [0.2, 0.25) is 0 Å². The molecule has 0 bridgehead atoms. The van der Waals surface area contributed by atoms with E-state index in [1.165, 1.54) is 22.3 Å². The molecule has 0 atom stereocenters. The van der Waals surface area contributed by atoms with E-state index in [2.05, 4.69) is 193 Å². The zero-order valence-corrected chi connectivity index (χ0v) is 47.0. The first-order chi connectivity index (χ1) is 41.1. The monoisotopic (exact) mass is 1090 g/mol. The van der Waals surface area contributed by atoms with Crippen LogP contribution in [0.5, 0.6) is 23.0 Å². The maximum absolute atomic E-state index is 12.7. The third-order valence-electron chi connectivity index (χ3n) is 16.9.